The molecule has 7 nitrogen and oxygen atoms in total. The number of ether oxygens (including phenoxy) is 2. The first-order valence-electron chi connectivity index (χ1n) is 7.59. The molecule has 0 radical (unpaired) electrons. The molecule has 2 aromatic carbocycles. The lowest BCUT2D eigenvalue weighted by molar-refractivity contribution is -0.286. The highest BCUT2D eigenvalue weighted by molar-refractivity contribution is 6.04. The lowest BCUT2D eigenvalue weighted by atomic mass is 10.1. The zero-order valence-corrected chi connectivity index (χ0v) is 13.5. The lowest BCUT2D eigenvalue weighted by Gasteiger charge is -2.11. The van der Waals surface area contributed by atoms with Gasteiger partial charge in [0.2, 0.25) is 5.95 Å². The molecular weight excluding hydrogens is 391 g/mol. The van der Waals surface area contributed by atoms with Gasteiger partial charge in [-0.15, -0.1) is 8.78 Å². The number of alkyl halides is 5. The number of anilines is 2. The van der Waals surface area contributed by atoms with E-state index < -0.39 is 29.6 Å². The molecule has 0 spiro atoms. The summed E-state index contributed by atoms with van der Waals surface area (Å²) in [5.74, 6) is -1.46. The number of carbonyl (C=O) groups excluding carboxylic acids is 1. The van der Waals surface area contributed by atoms with E-state index in [0.717, 1.165) is 12.1 Å². The second-order valence-corrected chi connectivity index (χ2v) is 5.82. The van der Waals surface area contributed by atoms with Crippen LogP contribution in [0, 0.1) is 0 Å². The first kappa shape index (κ1) is 17.8. The van der Waals surface area contributed by atoms with Gasteiger partial charge in [0, 0.05) is 23.4 Å². The quantitative estimate of drug-likeness (QED) is 0.449. The number of benzene rings is 2. The van der Waals surface area contributed by atoms with Crippen LogP contribution in [0.3, 0.4) is 0 Å². The van der Waals surface area contributed by atoms with Crippen LogP contribution >= 0.6 is 0 Å². The number of amides is 1. The molecule has 0 saturated carbocycles. The van der Waals surface area contributed by atoms with Crippen LogP contribution in [0.2, 0.25) is 0 Å². The van der Waals surface area contributed by atoms with E-state index >= 15 is 0 Å². The molecule has 0 saturated heterocycles. The Balaban J connectivity index is 1.60. The summed E-state index contributed by atoms with van der Waals surface area (Å²) < 4.78 is 73.5. The number of carbonyl (C=O) groups is 1. The maximum absolute atomic E-state index is 13.1. The number of fused-ring (bicyclic) bond motifs is 2. The van der Waals surface area contributed by atoms with Crippen LogP contribution in [0.25, 0.3) is 11.0 Å². The Bertz CT molecular complexity index is 1060. The molecule has 1 aromatic heterocycles. The van der Waals surface area contributed by atoms with Crippen LogP contribution in [-0.2, 0) is 6.18 Å². The van der Waals surface area contributed by atoms with Gasteiger partial charge in [-0.2, -0.15) is 13.2 Å². The molecule has 0 aliphatic carbocycles. The van der Waals surface area contributed by atoms with E-state index in [2.05, 4.69) is 24.8 Å². The number of hydrogen-bond donors (Lipinski definition) is 3. The zero-order valence-electron chi connectivity index (χ0n) is 13.5. The van der Waals surface area contributed by atoms with Gasteiger partial charge in [-0.25, -0.2) is 4.98 Å². The number of nitrogens with two attached hydrogens (primary N) is 1. The normalized spacial score (nSPS) is 15.0. The van der Waals surface area contributed by atoms with E-state index in [1.165, 1.54) is 12.1 Å². The first-order chi connectivity index (χ1) is 13.0. The molecule has 28 heavy (non-hydrogen) atoms. The third-order valence-corrected chi connectivity index (χ3v) is 3.86. The highest BCUT2D eigenvalue weighted by atomic mass is 19.4. The Labute approximate surface area is 152 Å². The number of aromatic nitrogens is 2. The summed E-state index contributed by atoms with van der Waals surface area (Å²) in [6, 6.07) is 5.07. The average Bonchev–Trinajstić information content (AvgIpc) is 3.08. The van der Waals surface area contributed by atoms with Crippen LogP contribution in [-0.4, -0.2) is 22.2 Å². The van der Waals surface area contributed by atoms with E-state index in [1.807, 2.05) is 0 Å². The SMILES string of the molecule is Nc1ccc(C(=O)Nc2nc3cc4c(cc3[nH]2)OC(F)(F)O4)cc1C(F)(F)F. The highest BCUT2D eigenvalue weighted by Crippen LogP contribution is 2.43. The number of nitrogen functional groups attached to an aromatic ring is 1. The largest absolute Gasteiger partial charge is 0.586 e. The maximum atomic E-state index is 13.1. The van der Waals surface area contributed by atoms with Crippen molar-refractivity contribution in [2.45, 2.75) is 12.5 Å². The summed E-state index contributed by atoms with van der Waals surface area (Å²) >= 11 is 0. The number of imidazole rings is 1. The molecule has 2 heterocycles. The molecule has 0 unspecified atom stereocenters. The minimum absolute atomic E-state index is 0.110. The van der Waals surface area contributed by atoms with Crippen LogP contribution in [0.5, 0.6) is 11.5 Å². The smallest absolute Gasteiger partial charge is 0.398 e. The fourth-order valence-electron chi connectivity index (χ4n) is 2.64. The number of nitrogens with one attached hydrogen (secondary N) is 2. The van der Waals surface area contributed by atoms with Crippen LogP contribution < -0.4 is 20.5 Å². The predicted molar refractivity (Wildman–Crippen MR) is 86.1 cm³/mol. The molecular formula is C16H9F5N4O3. The molecule has 1 amide bonds. The van der Waals surface area contributed by atoms with Crippen molar-refractivity contribution < 1.29 is 36.2 Å². The Morgan fingerprint density at radius 1 is 1.14 bits per heavy atom. The van der Waals surface area contributed by atoms with Crippen molar-refractivity contribution in [1.29, 1.82) is 0 Å². The molecule has 4 rings (SSSR count). The summed E-state index contributed by atoms with van der Waals surface area (Å²) in [4.78, 5) is 18.9. The van der Waals surface area contributed by atoms with E-state index in [9.17, 15) is 26.7 Å². The standard InChI is InChI=1S/C16H9F5N4O3/c17-15(18,19)7-3-6(1-2-8(7)22)13(26)25-14-23-9-4-11-12(5-10(9)24-14)28-16(20,21)27-11/h1-5H,22H2,(H2,23,24,25,26). The summed E-state index contributed by atoms with van der Waals surface area (Å²) in [5.41, 5.74) is 3.76. The monoisotopic (exact) mass is 400 g/mol. The molecule has 4 N–H and O–H groups in total. The summed E-state index contributed by atoms with van der Waals surface area (Å²) in [6.45, 7) is 0. The van der Waals surface area contributed by atoms with Gasteiger partial charge in [-0.1, -0.05) is 0 Å². The number of nitrogens with zero attached hydrogens (tertiary/aromatic N) is 1. The molecule has 3 aromatic rings. The van der Waals surface area contributed by atoms with Gasteiger partial charge >= 0.3 is 12.5 Å². The number of H-pyrrole nitrogens is 1. The average molecular weight is 400 g/mol. The summed E-state index contributed by atoms with van der Waals surface area (Å²) in [6.07, 6.45) is -8.51. The minimum Gasteiger partial charge on any atom is -0.398 e. The summed E-state index contributed by atoms with van der Waals surface area (Å²) in [5, 5.41) is 2.29. The maximum Gasteiger partial charge on any atom is 0.586 e. The van der Waals surface area contributed by atoms with Crippen molar-refractivity contribution >= 4 is 28.6 Å². The Morgan fingerprint density at radius 3 is 2.50 bits per heavy atom. The Morgan fingerprint density at radius 2 is 1.82 bits per heavy atom. The molecule has 146 valence electrons. The van der Waals surface area contributed by atoms with Crippen molar-refractivity contribution in [3.8, 4) is 11.5 Å². The molecule has 12 heteroatoms. The Hall–Kier alpha value is -3.57. The number of hydrogen-bond acceptors (Lipinski definition) is 5. The van der Waals surface area contributed by atoms with E-state index in [1.54, 1.807) is 0 Å². The first-order valence-corrected chi connectivity index (χ1v) is 7.59. The van der Waals surface area contributed by atoms with Gasteiger partial charge in [0.1, 0.15) is 0 Å². The molecule has 1 aliphatic rings. The predicted octanol–water partition coefficient (Wildman–Crippen LogP) is 3.74. The number of rotatable bonds is 2. The fourth-order valence-corrected chi connectivity index (χ4v) is 2.64. The van der Waals surface area contributed by atoms with Crippen LogP contribution in [0.1, 0.15) is 15.9 Å². The second kappa shape index (κ2) is 5.71. The van der Waals surface area contributed by atoms with Gasteiger partial charge in [0.25, 0.3) is 5.91 Å². The van der Waals surface area contributed by atoms with Crippen molar-refractivity contribution in [1.82, 2.24) is 9.97 Å². The third-order valence-electron chi connectivity index (χ3n) is 3.86. The van der Waals surface area contributed by atoms with Gasteiger partial charge in [-0.05, 0) is 18.2 Å². The van der Waals surface area contributed by atoms with Gasteiger partial charge in [-0.3, -0.25) is 10.1 Å². The van der Waals surface area contributed by atoms with Gasteiger partial charge in [0.15, 0.2) is 11.5 Å². The Kier molecular flexibility index (Phi) is 3.64. The van der Waals surface area contributed by atoms with Crippen LogP contribution in [0.4, 0.5) is 33.6 Å². The zero-order chi connectivity index (χ0) is 20.3. The van der Waals surface area contributed by atoms with E-state index in [0.29, 0.717) is 6.07 Å². The molecule has 1 aliphatic heterocycles. The number of aromatic amines is 1. The fraction of sp³-hybridized carbons (Fsp3) is 0.125. The highest BCUT2D eigenvalue weighted by Gasteiger charge is 2.43. The second-order valence-electron chi connectivity index (χ2n) is 5.82. The lowest BCUT2D eigenvalue weighted by Crippen LogP contribution is -2.25. The van der Waals surface area contributed by atoms with Crippen molar-refractivity contribution in [2.24, 2.45) is 0 Å². The van der Waals surface area contributed by atoms with E-state index in [-0.39, 0.29) is 34.0 Å². The van der Waals surface area contributed by atoms with Crippen molar-refractivity contribution in [3.63, 3.8) is 0 Å². The van der Waals surface area contributed by atoms with Crippen molar-refractivity contribution in [2.75, 3.05) is 11.1 Å². The molecule has 0 atom stereocenters. The topological polar surface area (TPSA) is 102 Å². The van der Waals surface area contributed by atoms with Crippen molar-refractivity contribution in [3.05, 3.63) is 41.5 Å². The van der Waals surface area contributed by atoms with E-state index in [4.69, 9.17) is 5.73 Å². The number of halogens is 5. The van der Waals surface area contributed by atoms with Crippen LogP contribution in [0.15, 0.2) is 30.3 Å². The van der Waals surface area contributed by atoms with Gasteiger partial charge < -0.3 is 20.2 Å². The molecule has 0 fully saturated rings. The van der Waals surface area contributed by atoms with Gasteiger partial charge in [0.05, 0.1) is 16.6 Å². The minimum atomic E-state index is -4.72. The molecule has 0 bridgehead atoms. The third kappa shape index (κ3) is 3.12. The summed E-state index contributed by atoms with van der Waals surface area (Å²) in [7, 11) is 0.